The van der Waals surface area contributed by atoms with E-state index in [1.54, 1.807) is 0 Å². The van der Waals surface area contributed by atoms with E-state index in [0.717, 1.165) is 0 Å². The molecule has 0 aromatic heterocycles. The summed E-state index contributed by atoms with van der Waals surface area (Å²) in [5, 5.41) is 18.9. The van der Waals surface area contributed by atoms with Crippen LogP contribution in [0.3, 0.4) is 0 Å². The van der Waals surface area contributed by atoms with Gasteiger partial charge in [-0.2, -0.15) is 0 Å². The van der Waals surface area contributed by atoms with Crippen LogP contribution >= 0.6 is 0 Å². The van der Waals surface area contributed by atoms with E-state index in [9.17, 15) is 9.59 Å². The minimum Gasteiger partial charge on any atom is -0.394 e. The molecule has 0 aromatic rings. The van der Waals surface area contributed by atoms with Crippen LogP contribution in [0.5, 0.6) is 0 Å². The largest absolute Gasteiger partial charge is 0.394 e. The van der Waals surface area contributed by atoms with Crippen LogP contribution in [-0.4, -0.2) is 41.7 Å². The molecule has 1 unspecified atom stereocenters. The van der Waals surface area contributed by atoms with Crippen molar-refractivity contribution in [3.8, 4) is 0 Å². The summed E-state index contributed by atoms with van der Waals surface area (Å²) in [4.78, 5) is 19.8. The lowest BCUT2D eigenvalue weighted by Gasteiger charge is -2.05. The summed E-state index contributed by atoms with van der Waals surface area (Å²) in [6.45, 7) is -0.535. The Morgan fingerprint density at radius 2 is 2.30 bits per heavy atom. The van der Waals surface area contributed by atoms with Gasteiger partial charge in [-0.25, -0.2) is 0 Å². The van der Waals surface area contributed by atoms with Crippen molar-refractivity contribution in [1.82, 2.24) is 5.32 Å². The monoisotopic (exact) mass is 147 g/mol. The van der Waals surface area contributed by atoms with Crippen molar-refractivity contribution in [2.45, 2.75) is 6.10 Å². The van der Waals surface area contributed by atoms with E-state index in [2.05, 4.69) is 5.32 Å². The Hall–Kier alpha value is -0.940. The van der Waals surface area contributed by atoms with Crippen molar-refractivity contribution >= 4 is 12.2 Å². The Labute approximate surface area is 57.7 Å². The third-order valence-corrected chi connectivity index (χ3v) is 0.830. The zero-order valence-corrected chi connectivity index (χ0v) is 5.28. The Morgan fingerprint density at radius 1 is 1.70 bits per heavy atom. The SMILES string of the molecule is O=CC(=O)NCC(O)CO. The number of rotatable bonds is 4. The zero-order chi connectivity index (χ0) is 7.98. The normalized spacial score (nSPS) is 12.2. The van der Waals surface area contributed by atoms with Gasteiger partial charge in [0.1, 0.15) is 0 Å². The highest BCUT2D eigenvalue weighted by molar-refractivity contribution is 6.23. The summed E-state index contributed by atoms with van der Waals surface area (Å²) < 4.78 is 0. The average Bonchev–Trinajstić information content (AvgIpc) is 1.99. The molecular weight excluding hydrogens is 138 g/mol. The number of aliphatic hydroxyl groups is 2. The van der Waals surface area contributed by atoms with E-state index in [1.165, 1.54) is 0 Å². The third kappa shape index (κ3) is 3.99. The standard InChI is InChI=1S/C5H9NO4/c7-2-4(9)1-6-5(10)3-8/h3-4,7,9H,1-2H2,(H,6,10). The highest BCUT2D eigenvalue weighted by atomic mass is 16.3. The molecule has 10 heavy (non-hydrogen) atoms. The van der Waals surface area contributed by atoms with Gasteiger partial charge in [-0.3, -0.25) is 9.59 Å². The van der Waals surface area contributed by atoms with Crippen LogP contribution in [0.1, 0.15) is 0 Å². The predicted octanol–water partition coefficient (Wildman–Crippen LogP) is -2.35. The van der Waals surface area contributed by atoms with E-state index in [0.29, 0.717) is 0 Å². The second-order valence-corrected chi connectivity index (χ2v) is 1.70. The van der Waals surface area contributed by atoms with Crippen LogP contribution in [0.15, 0.2) is 0 Å². The van der Waals surface area contributed by atoms with Gasteiger partial charge in [-0.05, 0) is 0 Å². The summed E-state index contributed by atoms with van der Waals surface area (Å²) in [6.07, 6.45) is -0.895. The molecule has 0 aliphatic heterocycles. The van der Waals surface area contributed by atoms with Gasteiger partial charge in [-0.1, -0.05) is 0 Å². The van der Waals surface area contributed by atoms with Gasteiger partial charge in [0.25, 0.3) is 5.91 Å². The number of nitrogens with one attached hydrogen (secondary N) is 1. The van der Waals surface area contributed by atoms with E-state index in [4.69, 9.17) is 10.2 Å². The molecule has 5 heteroatoms. The van der Waals surface area contributed by atoms with Crippen LogP contribution in [0, 0.1) is 0 Å². The Morgan fingerprint density at radius 3 is 2.70 bits per heavy atom. The van der Waals surface area contributed by atoms with Crippen LogP contribution in [0.2, 0.25) is 0 Å². The molecular formula is C5H9NO4. The number of carbonyl (C=O) groups is 2. The van der Waals surface area contributed by atoms with E-state index in [-0.39, 0.29) is 12.8 Å². The number of aliphatic hydroxyl groups excluding tert-OH is 2. The second-order valence-electron chi connectivity index (χ2n) is 1.70. The first-order chi connectivity index (χ1) is 4.70. The minimum atomic E-state index is -0.996. The molecule has 0 radical (unpaired) electrons. The van der Waals surface area contributed by atoms with Crippen molar-refractivity contribution in [3.63, 3.8) is 0 Å². The van der Waals surface area contributed by atoms with Crippen LogP contribution in [-0.2, 0) is 9.59 Å². The summed E-state index contributed by atoms with van der Waals surface area (Å²) in [6, 6.07) is 0. The van der Waals surface area contributed by atoms with Crippen molar-refractivity contribution in [2.75, 3.05) is 13.2 Å². The maximum absolute atomic E-state index is 10.2. The second kappa shape index (κ2) is 4.89. The van der Waals surface area contributed by atoms with Crippen LogP contribution < -0.4 is 5.32 Å². The fraction of sp³-hybridized carbons (Fsp3) is 0.600. The van der Waals surface area contributed by atoms with Crippen LogP contribution in [0.25, 0.3) is 0 Å². The fourth-order valence-electron chi connectivity index (χ4n) is 0.325. The molecule has 0 heterocycles. The molecule has 1 atom stereocenters. The predicted molar refractivity (Wildman–Crippen MR) is 32.2 cm³/mol. The average molecular weight is 147 g/mol. The molecule has 0 fully saturated rings. The third-order valence-electron chi connectivity index (χ3n) is 0.830. The first-order valence-electron chi connectivity index (χ1n) is 2.72. The van der Waals surface area contributed by atoms with E-state index in [1.807, 2.05) is 0 Å². The smallest absolute Gasteiger partial charge is 0.284 e. The first kappa shape index (κ1) is 9.06. The van der Waals surface area contributed by atoms with Crippen molar-refractivity contribution in [3.05, 3.63) is 0 Å². The quantitative estimate of drug-likeness (QED) is 0.307. The molecule has 0 aromatic carbocycles. The van der Waals surface area contributed by atoms with Crippen molar-refractivity contribution in [2.24, 2.45) is 0 Å². The van der Waals surface area contributed by atoms with Gasteiger partial charge in [0.2, 0.25) is 6.29 Å². The molecule has 0 saturated carbocycles. The lowest BCUT2D eigenvalue weighted by molar-refractivity contribution is -0.131. The lowest BCUT2D eigenvalue weighted by atomic mass is 10.4. The van der Waals surface area contributed by atoms with Gasteiger partial charge in [0.15, 0.2) is 0 Å². The Kier molecular flexibility index (Phi) is 4.43. The van der Waals surface area contributed by atoms with Gasteiger partial charge >= 0.3 is 0 Å². The molecule has 3 N–H and O–H groups in total. The van der Waals surface area contributed by atoms with E-state index >= 15 is 0 Å². The molecule has 0 bridgehead atoms. The maximum atomic E-state index is 10.2. The molecule has 0 saturated heterocycles. The topological polar surface area (TPSA) is 86.6 Å². The lowest BCUT2D eigenvalue weighted by Crippen LogP contribution is -2.34. The highest BCUT2D eigenvalue weighted by Crippen LogP contribution is 1.74. The first-order valence-corrected chi connectivity index (χ1v) is 2.72. The Bertz CT molecular complexity index is 125. The summed E-state index contributed by atoms with van der Waals surface area (Å²) in [5.74, 6) is -0.799. The maximum Gasteiger partial charge on any atom is 0.284 e. The minimum absolute atomic E-state index is 0.101. The zero-order valence-electron chi connectivity index (χ0n) is 5.28. The number of amides is 1. The van der Waals surface area contributed by atoms with E-state index < -0.39 is 18.6 Å². The molecule has 0 aliphatic carbocycles. The Balaban J connectivity index is 3.34. The summed E-state index contributed by atoms with van der Waals surface area (Å²) in [7, 11) is 0. The number of aldehydes is 1. The number of carbonyl (C=O) groups excluding carboxylic acids is 2. The van der Waals surface area contributed by atoms with Gasteiger partial charge in [0.05, 0.1) is 12.7 Å². The van der Waals surface area contributed by atoms with Crippen molar-refractivity contribution < 1.29 is 19.8 Å². The summed E-state index contributed by atoms with van der Waals surface area (Å²) in [5.41, 5.74) is 0. The molecule has 1 amide bonds. The van der Waals surface area contributed by atoms with Crippen LogP contribution in [0.4, 0.5) is 0 Å². The molecule has 0 aliphatic rings. The number of hydrogen-bond acceptors (Lipinski definition) is 4. The fourth-order valence-corrected chi connectivity index (χ4v) is 0.325. The molecule has 0 spiro atoms. The van der Waals surface area contributed by atoms with Gasteiger partial charge in [-0.15, -0.1) is 0 Å². The number of hydrogen-bond donors (Lipinski definition) is 3. The van der Waals surface area contributed by atoms with Gasteiger partial charge < -0.3 is 15.5 Å². The van der Waals surface area contributed by atoms with Gasteiger partial charge in [0, 0.05) is 6.54 Å². The molecule has 58 valence electrons. The molecule has 5 nitrogen and oxygen atoms in total. The highest BCUT2D eigenvalue weighted by Gasteiger charge is 2.02. The molecule has 0 rings (SSSR count). The summed E-state index contributed by atoms with van der Waals surface area (Å²) >= 11 is 0. The van der Waals surface area contributed by atoms with Crippen molar-refractivity contribution in [1.29, 1.82) is 0 Å².